The zero-order valence-corrected chi connectivity index (χ0v) is 17.0. The van der Waals surface area contributed by atoms with Crippen molar-refractivity contribution in [3.63, 3.8) is 0 Å². The Balaban J connectivity index is 2.39. The molecule has 0 saturated heterocycles. The second-order valence-electron chi connectivity index (χ2n) is 6.42. The van der Waals surface area contributed by atoms with Crippen molar-refractivity contribution in [3.05, 3.63) is 56.7 Å². The first-order valence-electron chi connectivity index (χ1n) is 8.04. The molecule has 0 heterocycles. The van der Waals surface area contributed by atoms with Crippen molar-refractivity contribution in [2.75, 3.05) is 11.9 Å². The van der Waals surface area contributed by atoms with Gasteiger partial charge in [-0.25, -0.2) is 23.0 Å². The van der Waals surface area contributed by atoms with Crippen LogP contribution in [0.1, 0.15) is 30.6 Å². The molecule has 3 N–H and O–H groups in total. The topological polar surface area (TPSA) is 70.6 Å². The second kappa shape index (κ2) is 9.05. The number of hydroxylamine groups is 1. The highest BCUT2D eigenvalue weighted by atomic mass is 127. The van der Waals surface area contributed by atoms with Gasteiger partial charge in [0.15, 0.2) is 17.5 Å². The first-order chi connectivity index (χ1) is 13.1. The molecule has 0 aliphatic carbocycles. The number of carbonyl (C=O) groups is 1. The van der Waals surface area contributed by atoms with E-state index in [4.69, 9.17) is 9.94 Å². The number of hydrogen-bond donors (Lipinski definition) is 3. The molecule has 0 radical (unpaired) electrons. The fraction of sp³-hybridized carbons (Fsp3) is 0.278. The number of hydrogen-bond acceptors (Lipinski definition) is 4. The molecule has 28 heavy (non-hydrogen) atoms. The minimum Gasteiger partial charge on any atom is -0.396 e. The zero-order valence-electron chi connectivity index (χ0n) is 14.9. The maximum Gasteiger partial charge on any atom is 0.277 e. The maximum atomic E-state index is 14.3. The Morgan fingerprint density at radius 2 is 1.82 bits per heavy atom. The Kier molecular flexibility index (Phi) is 7.23. The van der Waals surface area contributed by atoms with Gasteiger partial charge in [-0.05, 0) is 60.7 Å². The SMILES string of the molecule is CC(C)(CCO)ONC(=O)c1cc(F)c(F)c(F)c1Nc1ccc(I)cc1F. The van der Waals surface area contributed by atoms with E-state index in [2.05, 4.69) is 5.32 Å². The summed E-state index contributed by atoms with van der Waals surface area (Å²) in [5.74, 6) is -6.95. The van der Waals surface area contributed by atoms with Crippen LogP contribution in [0, 0.1) is 26.8 Å². The molecule has 0 aliphatic heterocycles. The summed E-state index contributed by atoms with van der Waals surface area (Å²) in [6.45, 7) is 2.91. The van der Waals surface area contributed by atoms with E-state index < -0.39 is 46.0 Å². The summed E-state index contributed by atoms with van der Waals surface area (Å²) < 4.78 is 56.3. The Hall–Kier alpha value is -1.92. The number of amides is 1. The van der Waals surface area contributed by atoms with Gasteiger partial charge in [0.25, 0.3) is 5.91 Å². The van der Waals surface area contributed by atoms with Crippen molar-refractivity contribution in [2.24, 2.45) is 0 Å². The molecule has 2 aromatic carbocycles. The highest BCUT2D eigenvalue weighted by Gasteiger charge is 2.26. The number of rotatable bonds is 7. The van der Waals surface area contributed by atoms with Crippen LogP contribution < -0.4 is 10.8 Å². The largest absolute Gasteiger partial charge is 0.396 e. The molecule has 0 aliphatic rings. The Morgan fingerprint density at radius 1 is 1.14 bits per heavy atom. The molecule has 0 bridgehead atoms. The molecule has 5 nitrogen and oxygen atoms in total. The minimum atomic E-state index is -1.81. The molecule has 152 valence electrons. The van der Waals surface area contributed by atoms with E-state index >= 15 is 0 Å². The van der Waals surface area contributed by atoms with Gasteiger partial charge in [-0.2, -0.15) is 0 Å². The lowest BCUT2D eigenvalue weighted by molar-refractivity contribution is -0.0805. The van der Waals surface area contributed by atoms with Crippen molar-refractivity contribution in [1.29, 1.82) is 0 Å². The summed E-state index contributed by atoms with van der Waals surface area (Å²) in [5, 5.41) is 11.3. The van der Waals surface area contributed by atoms with Crippen molar-refractivity contribution in [3.8, 4) is 0 Å². The predicted molar refractivity (Wildman–Crippen MR) is 103 cm³/mol. The lowest BCUT2D eigenvalue weighted by atomic mass is 10.1. The van der Waals surface area contributed by atoms with E-state index in [1.807, 2.05) is 28.1 Å². The molecular formula is C18H17F4IN2O3. The highest BCUT2D eigenvalue weighted by Crippen LogP contribution is 2.30. The van der Waals surface area contributed by atoms with Crippen molar-refractivity contribution in [2.45, 2.75) is 25.9 Å². The van der Waals surface area contributed by atoms with Crippen LogP contribution in [0.2, 0.25) is 0 Å². The van der Waals surface area contributed by atoms with Crippen LogP contribution in [-0.2, 0) is 4.84 Å². The number of anilines is 2. The highest BCUT2D eigenvalue weighted by molar-refractivity contribution is 14.1. The van der Waals surface area contributed by atoms with Gasteiger partial charge >= 0.3 is 0 Å². The van der Waals surface area contributed by atoms with E-state index in [0.29, 0.717) is 9.64 Å². The Morgan fingerprint density at radius 3 is 2.43 bits per heavy atom. The standard InChI is InChI=1S/C18H17F4IN2O3/c1-18(2,5-6-26)28-25-17(27)10-8-12(20)14(21)15(22)16(10)24-13-4-3-9(23)7-11(13)19/h3-4,7-8,24,26H,5-6H2,1-2H3,(H,25,27). The van der Waals surface area contributed by atoms with Crippen molar-refractivity contribution in [1.82, 2.24) is 5.48 Å². The second-order valence-corrected chi connectivity index (χ2v) is 7.67. The van der Waals surface area contributed by atoms with E-state index in [0.717, 1.165) is 6.07 Å². The summed E-state index contributed by atoms with van der Waals surface area (Å²) in [5.41, 5.74) is -0.583. The Labute approximate surface area is 172 Å². The molecule has 1 amide bonds. The lowest BCUT2D eigenvalue weighted by Gasteiger charge is -2.24. The summed E-state index contributed by atoms with van der Waals surface area (Å²) in [4.78, 5) is 17.5. The van der Waals surface area contributed by atoms with Crippen LogP contribution >= 0.6 is 22.6 Å². The van der Waals surface area contributed by atoms with Crippen molar-refractivity contribution < 1.29 is 32.3 Å². The molecule has 2 aromatic rings. The van der Waals surface area contributed by atoms with Gasteiger partial charge in [-0.3, -0.25) is 9.63 Å². The van der Waals surface area contributed by atoms with Gasteiger partial charge in [0.2, 0.25) is 0 Å². The average Bonchev–Trinajstić information content (AvgIpc) is 2.61. The van der Waals surface area contributed by atoms with Gasteiger partial charge in [0, 0.05) is 16.6 Å². The Bertz CT molecular complexity index is 894. The van der Waals surface area contributed by atoms with Gasteiger partial charge in [0.05, 0.1) is 22.5 Å². The summed E-state index contributed by atoms with van der Waals surface area (Å²) in [6.07, 6.45) is 0.165. The molecule has 0 unspecified atom stereocenters. The van der Waals surface area contributed by atoms with E-state index in [9.17, 15) is 22.4 Å². The molecular weight excluding hydrogens is 495 g/mol. The third-order valence-electron chi connectivity index (χ3n) is 3.73. The summed E-state index contributed by atoms with van der Waals surface area (Å²) >= 11 is 1.86. The van der Waals surface area contributed by atoms with Gasteiger partial charge in [-0.15, -0.1) is 0 Å². The molecule has 0 atom stereocenters. The smallest absolute Gasteiger partial charge is 0.277 e. The van der Waals surface area contributed by atoms with Crippen LogP contribution in [0.3, 0.4) is 0 Å². The quantitative estimate of drug-likeness (QED) is 0.223. The van der Waals surface area contributed by atoms with Crippen molar-refractivity contribution >= 4 is 39.9 Å². The fourth-order valence-corrected chi connectivity index (χ4v) is 2.63. The molecule has 0 fully saturated rings. The third-order valence-corrected chi connectivity index (χ3v) is 4.40. The summed E-state index contributed by atoms with van der Waals surface area (Å²) in [6, 6.07) is 4.38. The summed E-state index contributed by atoms with van der Waals surface area (Å²) in [7, 11) is 0. The number of aliphatic hydroxyl groups is 1. The average molecular weight is 512 g/mol. The van der Waals surface area contributed by atoms with Gasteiger partial charge < -0.3 is 10.4 Å². The first kappa shape index (κ1) is 22.4. The van der Waals surface area contributed by atoms with Crippen LogP contribution in [-0.4, -0.2) is 23.2 Å². The zero-order chi connectivity index (χ0) is 21.1. The molecule has 2 rings (SSSR count). The number of carbonyl (C=O) groups excluding carboxylic acids is 1. The monoisotopic (exact) mass is 512 g/mol. The van der Waals surface area contributed by atoms with Gasteiger partial charge in [0.1, 0.15) is 5.82 Å². The predicted octanol–water partition coefficient (Wildman–Crippen LogP) is 4.41. The molecule has 0 saturated carbocycles. The number of halogens is 5. The number of aliphatic hydroxyl groups excluding tert-OH is 1. The molecule has 0 aromatic heterocycles. The molecule has 0 spiro atoms. The van der Waals surface area contributed by atoms with Crippen LogP contribution in [0.4, 0.5) is 28.9 Å². The lowest BCUT2D eigenvalue weighted by Crippen LogP contribution is -2.37. The van der Waals surface area contributed by atoms with Crippen LogP contribution in [0.5, 0.6) is 0 Å². The van der Waals surface area contributed by atoms with E-state index in [-0.39, 0.29) is 18.7 Å². The van der Waals surface area contributed by atoms with E-state index in [1.54, 1.807) is 13.8 Å². The maximum absolute atomic E-state index is 14.3. The molecule has 10 heteroatoms. The minimum absolute atomic E-state index is 0.165. The van der Waals surface area contributed by atoms with E-state index in [1.165, 1.54) is 12.1 Å². The van der Waals surface area contributed by atoms with Crippen LogP contribution in [0.15, 0.2) is 24.3 Å². The third kappa shape index (κ3) is 5.32. The van der Waals surface area contributed by atoms with Gasteiger partial charge in [-0.1, -0.05) is 0 Å². The number of benzene rings is 2. The van der Waals surface area contributed by atoms with Crippen LogP contribution in [0.25, 0.3) is 0 Å². The normalized spacial score (nSPS) is 11.4. The fourth-order valence-electron chi connectivity index (χ4n) is 2.18. The number of nitrogens with one attached hydrogen (secondary N) is 2. The first-order valence-corrected chi connectivity index (χ1v) is 9.12.